The van der Waals surface area contributed by atoms with Gasteiger partial charge in [0, 0.05) is 37.3 Å². The molecule has 4 rings (SSSR count). The summed E-state index contributed by atoms with van der Waals surface area (Å²) in [5.74, 6) is -3.11. The van der Waals surface area contributed by atoms with Gasteiger partial charge < -0.3 is 5.32 Å². The van der Waals surface area contributed by atoms with Crippen molar-refractivity contribution in [2.75, 3.05) is 25.4 Å². The van der Waals surface area contributed by atoms with Crippen molar-refractivity contribution >= 4 is 27.5 Å². The van der Waals surface area contributed by atoms with E-state index in [-0.39, 0.29) is 55.4 Å². The van der Waals surface area contributed by atoms with Crippen molar-refractivity contribution in [2.24, 2.45) is 5.92 Å². The zero-order valence-electron chi connectivity index (χ0n) is 17.7. The van der Waals surface area contributed by atoms with E-state index in [0.717, 1.165) is 18.9 Å². The number of pyridine rings is 1. The van der Waals surface area contributed by atoms with E-state index < -0.39 is 43.8 Å². The molecule has 11 heteroatoms. The molecular formula is C22H23ClF3N3O3S. The summed E-state index contributed by atoms with van der Waals surface area (Å²) in [6.07, 6.45) is 3.68. The van der Waals surface area contributed by atoms with E-state index in [1.54, 1.807) is 0 Å². The number of carbonyl (C=O) groups excluding carboxylic acids is 1. The molecule has 2 heterocycles. The normalized spacial score (nSPS) is 18.8. The minimum absolute atomic E-state index is 0.106. The van der Waals surface area contributed by atoms with E-state index in [1.165, 1.54) is 22.6 Å². The topological polar surface area (TPSA) is 79.4 Å². The van der Waals surface area contributed by atoms with E-state index in [9.17, 15) is 26.4 Å². The number of benzene rings is 1. The van der Waals surface area contributed by atoms with Crippen LogP contribution in [0.1, 0.15) is 41.7 Å². The third-order valence-corrected chi connectivity index (χ3v) is 8.73. The zero-order chi connectivity index (χ0) is 23.8. The second-order valence-electron chi connectivity index (χ2n) is 8.67. The lowest BCUT2D eigenvalue weighted by molar-refractivity contribution is 0.0930. The Bertz CT molecular complexity index is 1170. The number of carbonyl (C=O) groups is 1. The largest absolute Gasteiger partial charge is 0.351 e. The van der Waals surface area contributed by atoms with Gasteiger partial charge in [-0.25, -0.2) is 25.9 Å². The van der Waals surface area contributed by atoms with Gasteiger partial charge in [0.2, 0.25) is 10.0 Å². The Morgan fingerprint density at radius 3 is 2.52 bits per heavy atom. The Morgan fingerprint density at radius 2 is 1.88 bits per heavy atom. The number of nitrogens with one attached hydrogen (secondary N) is 1. The number of hydrogen-bond donors (Lipinski definition) is 1. The lowest BCUT2D eigenvalue weighted by atomic mass is 9.75. The number of sulfonamides is 1. The van der Waals surface area contributed by atoms with E-state index >= 15 is 0 Å². The smallest absolute Gasteiger partial charge is 0.253 e. The van der Waals surface area contributed by atoms with Crippen LogP contribution < -0.4 is 5.32 Å². The molecule has 1 aliphatic heterocycles. The van der Waals surface area contributed by atoms with Crippen LogP contribution in [0.3, 0.4) is 0 Å². The first-order valence-electron chi connectivity index (χ1n) is 10.6. The second-order valence-corrected chi connectivity index (χ2v) is 11.1. The number of piperidine rings is 1. The lowest BCUT2D eigenvalue weighted by Crippen LogP contribution is -2.51. The van der Waals surface area contributed by atoms with Gasteiger partial charge in [-0.05, 0) is 49.8 Å². The van der Waals surface area contributed by atoms with Crippen molar-refractivity contribution in [1.29, 1.82) is 0 Å². The van der Waals surface area contributed by atoms with Gasteiger partial charge in [0.05, 0.1) is 22.0 Å². The van der Waals surface area contributed by atoms with Crippen LogP contribution in [0.5, 0.6) is 0 Å². The minimum atomic E-state index is -3.42. The van der Waals surface area contributed by atoms with Crippen molar-refractivity contribution in [3.8, 4) is 0 Å². The van der Waals surface area contributed by atoms with Gasteiger partial charge in [0.25, 0.3) is 5.91 Å². The van der Waals surface area contributed by atoms with E-state index in [4.69, 9.17) is 11.6 Å². The number of nitrogens with zero attached hydrogens (tertiary/aromatic N) is 2. The van der Waals surface area contributed by atoms with Crippen LogP contribution in [0.25, 0.3) is 0 Å². The SMILES string of the molecule is O=C(NCC1(c2ncccc2F)CCN(S(=O)(=O)CC2CC2)CC1)c1cc(F)cc(F)c1Cl. The molecule has 33 heavy (non-hydrogen) atoms. The Balaban J connectivity index is 1.55. The van der Waals surface area contributed by atoms with Crippen molar-refractivity contribution in [1.82, 2.24) is 14.6 Å². The molecule has 6 nitrogen and oxygen atoms in total. The standard InChI is InChI=1S/C22H23ClF3N3O3S/c23-19-16(10-15(24)11-18(19)26)21(30)28-13-22(20-17(25)2-1-7-27-20)5-8-29(9-6-22)33(31,32)12-14-3-4-14/h1-2,7,10-11,14H,3-6,8-9,12-13H2,(H,28,30). The van der Waals surface area contributed by atoms with Crippen LogP contribution >= 0.6 is 11.6 Å². The highest BCUT2D eigenvalue weighted by molar-refractivity contribution is 7.89. The summed E-state index contributed by atoms with van der Waals surface area (Å²) in [4.78, 5) is 16.8. The average molecular weight is 502 g/mol. The maximum absolute atomic E-state index is 14.7. The maximum atomic E-state index is 14.7. The molecule has 1 saturated carbocycles. The molecule has 0 unspecified atom stereocenters. The third-order valence-electron chi connectivity index (χ3n) is 6.30. The summed E-state index contributed by atoms with van der Waals surface area (Å²) in [5, 5.41) is 2.07. The molecule has 2 aliphatic rings. The highest BCUT2D eigenvalue weighted by Crippen LogP contribution is 2.38. The Kier molecular flexibility index (Phi) is 6.70. The summed E-state index contributed by atoms with van der Waals surface area (Å²) in [7, 11) is -3.42. The molecule has 1 aliphatic carbocycles. The van der Waals surface area contributed by atoms with Crippen LogP contribution in [-0.4, -0.2) is 49.0 Å². The number of aromatic nitrogens is 1. The first-order valence-corrected chi connectivity index (χ1v) is 12.6. The van der Waals surface area contributed by atoms with E-state index in [2.05, 4.69) is 10.3 Å². The van der Waals surface area contributed by atoms with Gasteiger partial charge in [-0.1, -0.05) is 11.6 Å². The van der Waals surface area contributed by atoms with Gasteiger partial charge in [-0.2, -0.15) is 0 Å². The summed E-state index contributed by atoms with van der Waals surface area (Å²) in [6, 6.07) is 4.08. The lowest BCUT2D eigenvalue weighted by Gasteiger charge is -2.41. The van der Waals surface area contributed by atoms with Gasteiger partial charge in [-0.3, -0.25) is 9.78 Å². The van der Waals surface area contributed by atoms with Crippen LogP contribution in [0.4, 0.5) is 13.2 Å². The van der Waals surface area contributed by atoms with Gasteiger partial charge in [0.15, 0.2) is 0 Å². The quantitative estimate of drug-likeness (QED) is 0.587. The molecule has 1 saturated heterocycles. The highest BCUT2D eigenvalue weighted by Gasteiger charge is 2.43. The molecule has 1 aromatic heterocycles. The molecule has 1 amide bonds. The molecule has 2 fully saturated rings. The van der Waals surface area contributed by atoms with Crippen LogP contribution in [-0.2, 0) is 15.4 Å². The number of hydrogen-bond acceptors (Lipinski definition) is 4. The Labute approximate surface area is 195 Å². The zero-order valence-corrected chi connectivity index (χ0v) is 19.2. The molecule has 0 atom stereocenters. The van der Waals surface area contributed by atoms with Crippen LogP contribution in [0.15, 0.2) is 30.5 Å². The molecule has 178 valence electrons. The van der Waals surface area contributed by atoms with Crippen molar-refractivity contribution < 1.29 is 26.4 Å². The fraction of sp³-hybridized carbons (Fsp3) is 0.455. The third kappa shape index (κ3) is 5.17. The van der Waals surface area contributed by atoms with Crippen LogP contribution in [0, 0.1) is 23.4 Å². The van der Waals surface area contributed by atoms with Crippen molar-refractivity contribution in [2.45, 2.75) is 31.1 Å². The second kappa shape index (κ2) is 9.23. The van der Waals surface area contributed by atoms with E-state index in [0.29, 0.717) is 6.07 Å². The molecule has 0 bridgehead atoms. The Hall–Kier alpha value is -2.17. The van der Waals surface area contributed by atoms with Crippen LogP contribution in [0.2, 0.25) is 5.02 Å². The monoisotopic (exact) mass is 501 g/mol. The van der Waals surface area contributed by atoms with Crippen molar-refractivity contribution in [3.05, 3.63) is 64.2 Å². The minimum Gasteiger partial charge on any atom is -0.351 e. The van der Waals surface area contributed by atoms with E-state index in [1.807, 2.05) is 0 Å². The van der Waals surface area contributed by atoms with Gasteiger partial charge >= 0.3 is 0 Å². The Morgan fingerprint density at radius 1 is 1.18 bits per heavy atom. The predicted molar refractivity (Wildman–Crippen MR) is 117 cm³/mol. The van der Waals surface area contributed by atoms with Crippen molar-refractivity contribution in [3.63, 3.8) is 0 Å². The summed E-state index contributed by atoms with van der Waals surface area (Å²) < 4.78 is 68.9. The highest BCUT2D eigenvalue weighted by atomic mass is 35.5. The molecule has 1 N–H and O–H groups in total. The maximum Gasteiger partial charge on any atom is 0.253 e. The summed E-state index contributed by atoms with van der Waals surface area (Å²) in [5.41, 5.74) is -1.26. The molecular weight excluding hydrogens is 479 g/mol. The van der Waals surface area contributed by atoms with Gasteiger partial charge in [-0.15, -0.1) is 0 Å². The molecule has 2 aromatic rings. The summed E-state index contributed by atoms with van der Waals surface area (Å²) in [6.45, 7) is 0.192. The average Bonchev–Trinajstić information content (AvgIpc) is 3.58. The number of rotatable bonds is 7. The first kappa shape index (κ1) is 24.0. The first-order chi connectivity index (χ1) is 15.6. The molecule has 0 spiro atoms. The molecule has 1 aromatic carbocycles. The number of amides is 1. The summed E-state index contributed by atoms with van der Waals surface area (Å²) >= 11 is 5.83. The predicted octanol–water partition coefficient (Wildman–Crippen LogP) is 3.66. The number of halogens is 4. The fourth-order valence-electron chi connectivity index (χ4n) is 4.22. The fourth-order valence-corrected chi connectivity index (χ4v) is 6.29. The van der Waals surface area contributed by atoms with Gasteiger partial charge in [0.1, 0.15) is 17.5 Å². The molecule has 0 radical (unpaired) electrons.